The molecule has 2 aliphatic heterocycles. The van der Waals surface area contributed by atoms with Gasteiger partial charge >= 0.3 is 6.18 Å². The number of alkyl halides is 3. The summed E-state index contributed by atoms with van der Waals surface area (Å²) >= 11 is 0. The SMILES string of the molecule is CN=Cc1ncn2c1COc1c-2ccc(F)c1CCN1CCN(c2cccc3nc(C(F)(F)F)ccc23)CC1. The molecule has 0 aliphatic carbocycles. The molecule has 0 saturated carbocycles. The molecular weight excluding hydrogens is 512 g/mol. The molecule has 4 aromatic rings. The zero-order valence-electron chi connectivity index (χ0n) is 21.2. The lowest BCUT2D eigenvalue weighted by molar-refractivity contribution is -0.140. The van der Waals surface area contributed by atoms with E-state index in [4.69, 9.17) is 4.74 Å². The second-order valence-electron chi connectivity index (χ2n) is 9.61. The highest BCUT2D eigenvalue weighted by Crippen LogP contribution is 2.36. The van der Waals surface area contributed by atoms with Crippen molar-refractivity contribution in [1.82, 2.24) is 19.4 Å². The van der Waals surface area contributed by atoms with E-state index in [1.165, 1.54) is 12.1 Å². The van der Waals surface area contributed by atoms with E-state index in [2.05, 4.69) is 24.8 Å². The van der Waals surface area contributed by atoms with Gasteiger partial charge in [0.1, 0.15) is 35.9 Å². The van der Waals surface area contributed by atoms with E-state index in [0.29, 0.717) is 48.3 Å². The third kappa shape index (κ3) is 4.71. The lowest BCUT2D eigenvalue weighted by Crippen LogP contribution is -2.47. The summed E-state index contributed by atoms with van der Waals surface area (Å²) in [6.45, 7) is 3.83. The Morgan fingerprint density at radius 3 is 2.62 bits per heavy atom. The zero-order valence-corrected chi connectivity index (χ0v) is 21.2. The number of hydrogen-bond acceptors (Lipinski definition) is 6. The van der Waals surface area contributed by atoms with Crippen molar-refractivity contribution in [3.8, 4) is 11.4 Å². The van der Waals surface area contributed by atoms with Crippen LogP contribution in [0.1, 0.15) is 22.6 Å². The molecule has 202 valence electrons. The quantitative estimate of drug-likeness (QED) is 0.268. The maximum Gasteiger partial charge on any atom is 0.433 e. The van der Waals surface area contributed by atoms with Crippen molar-refractivity contribution in [2.45, 2.75) is 19.2 Å². The fraction of sp³-hybridized carbons (Fsp3) is 0.321. The summed E-state index contributed by atoms with van der Waals surface area (Å²) in [5.41, 5.74) is 3.21. The number of halogens is 4. The van der Waals surface area contributed by atoms with E-state index >= 15 is 0 Å². The van der Waals surface area contributed by atoms with Gasteiger partial charge in [-0.2, -0.15) is 13.2 Å². The van der Waals surface area contributed by atoms with Gasteiger partial charge in [0.2, 0.25) is 0 Å². The van der Waals surface area contributed by atoms with Gasteiger partial charge < -0.3 is 9.64 Å². The summed E-state index contributed by atoms with van der Waals surface area (Å²) in [6, 6.07) is 11.0. The van der Waals surface area contributed by atoms with Crippen molar-refractivity contribution in [1.29, 1.82) is 0 Å². The smallest absolute Gasteiger partial charge is 0.433 e. The summed E-state index contributed by atoms with van der Waals surface area (Å²) in [4.78, 5) is 16.7. The van der Waals surface area contributed by atoms with Crippen molar-refractivity contribution < 1.29 is 22.3 Å². The number of imidazole rings is 1. The Bertz CT molecular complexity index is 1560. The summed E-state index contributed by atoms with van der Waals surface area (Å²) < 4.78 is 62.2. The molecule has 0 N–H and O–H groups in total. The van der Waals surface area contributed by atoms with E-state index in [-0.39, 0.29) is 12.4 Å². The van der Waals surface area contributed by atoms with E-state index in [1.807, 2.05) is 10.6 Å². The topological polar surface area (TPSA) is 58.8 Å². The number of aromatic nitrogens is 3. The first-order chi connectivity index (χ1) is 18.8. The van der Waals surface area contributed by atoms with E-state index in [1.54, 1.807) is 37.8 Å². The van der Waals surface area contributed by atoms with Crippen LogP contribution >= 0.6 is 0 Å². The summed E-state index contributed by atoms with van der Waals surface area (Å²) in [5.74, 6) is 0.243. The minimum absolute atomic E-state index is 0.286. The molecule has 0 spiro atoms. The number of fused-ring (bicyclic) bond motifs is 4. The zero-order chi connectivity index (χ0) is 27.1. The number of nitrogens with zero attached hydrogens (tertiary/aromatic N) is 6. The third-order valence-corrected chi connectivity index (χ3v) is 7.34. The molecule has 1 saturated heterocycles. The summed E-state index contributed by atoms with van der Waals surface area (Å²) in [7, 11) is 1.68. The summed E-state index contributed by atoms with van der Waals surface area (Å²) in [6.07, 6.45) is -0.604. The Kier molecular flexibility index (Phi) is 6.46. The Labute approximate surface area is 222 Å². The van der Waals surface area contributed by atoms with Gasteiger partial charge in [0, 0.05) is 62.6 Å². The molecule has 6 rings (SSSR count). The molecule has 0 unspecified atom stereocenters. The van der Waals surface area contributed by atoms with Crippen LogP contribution in [0.15, 0.2) is 53.8 Å². The van der Waals surface area contributed by atoms with Crippen molar-refractivity contribution >= 4 is 22.8 Å². The largest absolute Gasteiger partial charge is 0.485 e. The maximum atomic E-state index is 14.9. The van der Waals surface area contributed by atoms with Crippen LogP contribution in [0.25, 0.3) is 16.6 Å². The van der Waals surface area contributed by atoms with Crippen LogP contribution in [-0.4, -0.2) is 65.4 Å². The Morgan fingerprint density at radius 2 is 1.85 bits per heavy atom. The van der Waals surface area contributed by atoms with Crippen molar-refractivity contribution in [3.63, 3.8) is 0 Å². The highest BCUT2D eigenvalue weighted by molar-refractivity contribution is 5.92. The highest BCUT2D eigenvalue weighted by Gasteiger charge is 2.33. The Morgan fingerprint density at radius 1 is 1.03 bits per heavy atom. The van der Waals surface area contributed by atoms with Crippen molar-refractivity contribution in [2.24, 2.45) is 4.99 Å². The predicted octanol–water partition coefficient (Wildman–Crippen LogP) is 4.88. The number of benzene rings is 2. The predicted molar refractivity (Wildman–Crippen MR) is 140 cm³/mol. The van der Waals surface area contributed by atoms with Gasteiger partial charge in [-0.3, -0.25) is 14.5 Å². The number of aliphatic imine (C=N–C) groups is 1. The van der Waals surface area contributed by atoms with Crippen LogP contribution in [0, 0.1) is 5.82 Å². The van der Waals surface area contributed by atoms with E-state index in [0.717, 1.165) is 41.9 Å². The van der Waals surface area contributed by atoms with Gasteiger partial charge in [0.15, 0.2) is 0 Å². The number of piperazine rings is 1. The van der Waals surface area contributed by atoms with Crippen LogP contribution in [0.5, 0.6) is 5.75 Å². The van der Waals surface area contributed by atoms with Gasteiger partial charge in [-0.15, -0.1) is 0 Å². The molecule has 2 aromatic heterocycles. The molecule has 2 aromatic carbocycles. The first kappa shape index (κ1) is 25.3. The van der Waals surface area contributed by atoms with Gasteiger partial charge in [-0.1, -0.05) is 6.07 Å². The van der Waals surface area contributed by atoms with Crippen LogP contribution in [-0.2, 0) is 19.2 Å². The highest BCUT2D eigenvalue weighted by atomic mass is 19.4. The molecule has 1 fully saturated rings. The van der Waals surface area contributed by atoms with Crippen LogP contribution in [0.4, 0.5) is 23.2 Å². The number of pyridine rings is 1. The molecule has 0 bridgehead atoms. The van der Waals surface area contributed by atoms with E-state index in [9.17, 15) is 17.6 Å². The van der Waals surface area contributed by atoms with Gasteiger partial charge in [0.05, 0.1) is 16.9 Å². The molecule has 7 nitrogen and oxygen atoms in total. The first-order valence-electron chi connectivity index (χ1n) is 12.7. The Hall–Kier alpha value is -3.99. The molecule has 2 aliphatic rings. The third-order valence-electron chi connectivity index (χ3n) is 7.34. The lowest BCUT2D eigenvalue weighted by atomic mass is 10.1. The molecule has 0 amide bonds. The second kappa shape index (κ2) is 9.96. The average molecular weight is 539 g/mol. The molecule has 0 radical (unpaired) electrons. The number of rotatable bonds is 5. The van der Waals surface area contributed by atoms with Crippen molar-refractivity contribution in [2.75, 3.05) is 44.7 Å². The number of anilines is 1. The minimum atomic E-state index is -4.48. The van der Waals surface area contributed by atoms with Crippen molar-refractivity contribution in [3.05, 3.63) is 77.3 Å². The van der Waals surface area contributed by atoms with Gasteiger partial charge in [0.25, 0.3) is 0 Å². The van der Waals surface area contributed by atoms with Gasteiger partial charge in [-0.05, 0) is 42.8 Å². The average Bonchev–Trinajstić information content (AvgIpc) is 3.35. The Balaban J connectivity index is 1.14. The monoisotopic (exact) mass is 538 g/mol. The first-order valence-corrected chi connectivity index (χ1v) is 12.7. The van der Waals surface area contributed by atoms with Crippen LogP contribution in [0.2, 0.25) is 0 Å². The van der Waals surface area contributed by atoms with Gasteiger partial charge in [-0.25, -0.2) is 14.4 Å². The number of ether oxygens (including phenoxy) is 1. The lowest BCUT2D eigenvalue weighted by Gasteiger charge is -2.36. The maximum absolute atomic E-state index is 14.9. The standard InChI is InChI=1S/C28H26F4N6O/c1-33-15-22-25-16-39-27-18(20(29)6-7-24(27)38(25)17-34-22)9-10-36-11-13-37(14-12-36)23-4-2-3-21-19(23)5-8-26(35-21)28(30,31)32/h2-8,15,17H,9-14,16H2,1H3. The molecule has 39 heavy (non-hydrogen) atoms. The normalized spacial score (nSPS) is 16.0. The minimum Gasteiger partial charge on any atom is -0.485 e. The van der Waals surface area contributed by atoms with Crippen LogP contribution in [0.3, 0.4) is 0 Å². The molecule has 4 heterocycles. The molecular formula is C28H26F4N6O. The fourth-order valence-corrected chi connectivity index (χ4v) is 5.34. The molecule has 11 heteroatoms. The summed E-state index contributed by atoms with van der Waals surface area (Å²) in [5, 5.41) is 0.696. The molecule has 0 atom stereocenters. The fourth-order valence-electron chi connectivity index (χ4n) is 5.34. The van der Waals surface area contributed by atoms with E-state index < -0.39 is 11.9 Å². The van der Waals surface area contributed by atoms with Crippen LogP contribution < -0.4 is 9.64 Å². The second-order valence-corrected chi connectivity index (χ2v) is 9.61. The number of hydrogen-bond donors (Lipinski definition) is 0.